The van der Waals surface area contributed by atoms with E-state index in [2.05, 4.69) is 23.6 Å². The lowest BCUT2D eigenvalue weighted by Crippen LogP contribution is -2.17. The Balaban J connectivity index is 1.92. The Kier molecular flexibility index (Phi) is 2.96. The molecule has 0 radical (unpaired) electrons. The number of furan rings is 1. The fraction of sp³-hybridized carbons (Fsp3) is 0.600. The molecule has 72 valence electrons. The Labute approximate surface area is 84.3 Å². The summed E-state index contributed by atoms with van der Waals surface area (Å²) in [6.07, 6.45) is 2.67. The Hall–Kier alpha value is -0.410. The third-order valence-electron chi connectivity index (χ3n) is 2.45. The van der Waals surface area contributed by atoms with E-state index in [9.17, 15) is 0 Å². The summed E-state index contributed by atoms with van der Waals surface area (Å²) in [5.74, 6) is 2.74. The Morgan fingerprint density at radius 1 is 1.23 bits per heavy atom. The van der Waals surface area contributed by atoms with Gasteiger partial charge in [-0.3, -0.25) is 4.90 Å². The van der Waals surface area contributed by atoms with Crippen LogP contribution in [0.3, 0.4) is 0 Å². The molecule has 0 amide bonds. The van der Waals surface area contributed by atoms with E-state index in [0.29, 0.717) is 5.75 Å². The van der Waals surface area contributed by atoms with E-state index in [1.165, 1.54) is 25.9 Å². The first-order valence-electron chi connectivity index (χ1n) is 4.79. The highest BCUT2D eigenvalue weighted by Crippen LogP contribution is 2.15. The highest BCUT2D eigenvalue weighted by Gasteiger charge is 2.13. The molecule has 0 bridgehead atoms. The lowest BCUT2D eigenvalue weighted by Gasteiger charge is -2.11. The molecule has 13 heavy (non-hydrogen) atoms. The van der Waals surface area contributed by atoms with Crippen LogP contribution in [0.2, 0.25) is 0 Å². The molecule has 1 aliphatic rings. The van der Waals surface area contributed by atoms with Gasteiger partial charge in [0.25, 0.3) is 0 Å². The molecule has 2 nitrogen and oxygen atoms in total. The van der Waals surface area contributed by atoms with Crippen molar-refractivity contribution in [2.45, 2.75) is 25.1 Å². The molecule has 1 fully saturated rings. The summed E-state index contributed by atoms with van der Waals surface area (Å²) in [5, 5.41) is 0. The highest BCUT2D eigenvalue weighted by atomic mass is 32.1. The second kappa shape index (κ2) is 4.20. The van der Waals surface area contributed by atoms with Gasteiger partial charge in [0.05, 0.1) is 6.54 Å². The SMILES string of the molecule is SCc1ccc(CN2CCCC2)o1. The molecule has 0 unspecified atom stereocenters. The number of hydrogen-bond donors (Lipinski definition) is 1. The maximum atomic E-state index is 5.58. The molecule has 0 saturated carbocycles. The minimum Gasteiger partial charge on any atom is -0.464 e. The van der Waals surface area contributed by atoms with Crippen LogP contribution >= 0.6 is 12.6 Å². The second-order valence-corrected chi connectivity index (χ2v) is 3.83. The Morgan fingerprint density at radius 3 is 2.54 bits per heavy atom. The number of nitrogens with zero attached hydrogens (tertiary/aromatic N) is 1. The minimum absolute atomic E-state index is 0.694. The summed E-state index contributed by atoms with van der Waals surface area (Å²) in [6.45, 7) is 3.40. The normalized spacial score (nSPS) is 18.2. The molecule has 3 heteroatoms. The summed E-state index contributed by atoms with van der Waals surface area (Å²) in [5.41, 5.74) is 0. The third-order valence-corrected chi connectivity index (χ3v) is 2.76. The van der Waals surface area contributed by atoms with Crippen molar-refractivity contribution in [2.75, 3.05) is 13.1 Å². The summed E-state index contributed by atoms with van der Waals surface area (Å²) in [4.78, 5) is 2.43. The smallest absolute Gasteiger partial charge is 0.118 e. The molecular formula is C10H15NOS. The Morgan fingerprint density at radius 2 is 1.92 bits per heavy atom. The highest BCUT2D eigenvalue weighted by molar-refractivity contribution is 7.79. The first-order chi connectivity index (χ1) is 6.38. The predicted molar refractivity (Wildman–Crippen MR) is 55.9 cm³/mol. The van der Waals surface area contributed by atoms with Gasteiger partial charge in [0, 0.05) is 5.75 Å². The molecule has 0 atom stereocenters. The number of likely N-dealkylation sites (tertiary alicyclic amines) is 1. The average molecular weight is 197 g/mol. The first-order valence-corrected chi connectivity index (χ1v) is 5.42. The largest absolute Gasteiger partial charge is 0.464 e. The second-order valence-electron chi connectivity index (χ2n) is 3.51. The maximum absolute atomic E-state index is 5.58. The molecule has 0 aromatic carbocycles. The Bertz CT molecular complexity index is 266. The van der Waals surface area contributed by atoms with Gasteiger partial charge in [0.1, 0.15) is 11.5 Å². The van der Waals surface area contributed by atoms with Crippen molar-refractivity contribution in [2.24, 2.45) is 0 Å². The zero-order chi connectivity index (χ0) is 9.10. The average Bonchev–Trinajstić information content (AvgIpc) is 2.76. The van der Waals surface area contributed by atoms with Crippen molar-refractivity contribution in [3.05, 3.63) is 23.7 Å². The van der Waals surface area contributed by atoms with Gasteiger partial charge in [0.15, 0.2) is 0 Å². The predicted octanol–water partition coefficient (Wildman–Crippen LogP) is 2.31. The standard InChI is InChI=1S/C10H15NOS/c13-8-10-4-3-9(12-10)7-11-5-1-2-6-11/h3-4,13H,1-2,5-8H2. The van der Waals surface area contributed by atoms with Crippen LogP contribution in [0.5, 0.6) is 0 Å². The first kappa shape index (κ1) is 9.16. The van der Waals surface area contributed by atoms with Gasteiger partial charge in [-0.25, -0.2) is 0 Å². The van der Waals surface area contributed by atoms with Crippen molar-refractivity contribution in [3.8, 4) is 0 Å². The monoisotopic (exact) mass is 197 g/mol. The summed E-state index contributed by atoms with van der Waals surface area (Å²) in [7, 11) is 0. The van der Waals surface area contributed by atoms with E-state index < -0.39 is 0 Å². The van der Waals surface area contributed by atoms with E-state index >= 15 is 0 Å². The van der Waals surface area contributed by atoms with Crippen molar-refractivity contribution in [1.82, 2.24) is 4.90 Å². The lowest BCUT2D eigenvalue weighted by molar-refractivity contribution is 0.294. The van der Waals surface area contributed by atoms with Crippen LogP contribution in [0.1, 0.15) is 24.4 Å². The van der Waals surface area contributed by atoms with Crippen molar-refractivity contribution in [3.63, 3.8) is 0 Å². The van der Waals surface area contributed by atoms with Crippen molar-refractivity contribution in [1.29, 1.82) is 0 Å². The van der Waals surface area contributed by atoms with E-state index in [1.54, 1.807) is 0 Å². The quantitative estimate of drug-likeness (QED) is 0.749. The van der Waals surface area contributed by atoms with Gasteiger partial charge in [-0.05, 0) is 38.1 Å². The molecule has 1 aromatic heterocycles. The molecule has 0 N–H and O–H groups in total. The molecule has 1 aliphatic heterocycles. The summed E-state index contributed by atoms with van der Waals surface area (Å²) < 4.78 is 5.58. The van der Waals surface area contributed by atoms with Gasteiger partial charge in [-0.1, -0.05) is 0 Å². The van der Waals surface area contributed by atoms with Crippen LogP contribution in [-0.2, 0) is 12.3 Å². The molecule has 2 heterocycles. The molecule has 0 spiro atoms. The van der Waals surface area contributed by atoms with Crippen LogP contribution in [0, 0.1) is 0 Å². The topological polar surface area (TPSA) is 16.4 Å². The van der Waals surface area contributed by atoms with Gasteiger partial charge in [-0.2, -0.15) is 12.6 Å². The van der Waals surface area contributed by atoms with Crippen molar-refractivity contribution < 1.29 is 4.42 Å². The lowest BCUT2D eigenvalue weighted by atomic mass is 10.4. The number of hydrogen-bond acceptors (Lipinski definition) is 3. The van der Waals surface area contributed by atoms with E-state index in [4.69, 9.17) is 4.42 Å². The fourth-order valence-corrected chi connectivity index (χ4v) is 1.92. The van der Waals surface area contributed by atoms with Crippen LogP contribution in [-0.4, -0.2) is 18.0 Å². The fourth-order valence-electron chi connectivity index (χ4n) is 1.75. The van der Waals surface area contributed by atoms with E-state index in [0.717, 1.165) is 18.1 Å². The van der Waals surface area contributed by atoms with E-state index in [-0.39, 0.29) is 0 Å². The molecule has 0 aliphatic carbocycles. The van der Waals surface area contributed by atoms with Gasteiger partial charge < -0.3 is 4.42 Å². The molecule has 1 saturated heterocycles. The number of rotatable bonds is 3. The van der Waals surface area contributed by atoms with Gasteiger partial charge in [-0.15, -0.1) is 0 Å². The van der Waals surface area contributed by atoms with Gasteiger partial charge >= 0.3 is 0 Å². The van der Waals surface area contributed by atoms with Gasteiger partial charge in [0.2, 0.25) is 0 Å². The molecule has 1 aromatic rings. The van der Waals surface area contributed by atoms with E-state index in [1.807, 2.05) is 6.07 Å². The zero-order valence-corrected chi connectivity index (χ0v) is 8.59. The summed E-state index contributed by atoms with van der Waals surface area (Å²) in [6, 6.07) is 4.07. The van der Waals surface area contributed by atoms with Crippen molar-refractivity contribution >= 4 is 12.6 Å². The van der Waals surface area contributed by atoms with Crippen LogP contribution in [0.15, 0.2) is 16.5 Å². The van der Waals surface area contributed by atoms with Crippen LogP contribution in [0.25, 0.3) is 0 Å². The third kappa shape index (κ3) is 2.29. The van der Waals surface area contributed by atoms with Crippen LogP contribution in [0.4, 0.5) is 0 Å². The van der Waals surface area contributed by atoms with Crippen LogP contribution < -0.4 is 0 Å². The maximum Gasteiger partial charge on any atom is 0.118 e. The number of thiol groups is 1. The minimum atomic E-state index is 0.694. The zero-order valence-electron chi connectivity index (χ0n) is 7.70. The summed E-state index contributed by atoms with van der Waals surface area (Å²) >= 11 is 4.16. The molecule has 2 rings (SSSR count). The molecular weight excluding hydrogens is 182 g/mol.